The lowest BCUT2D eigenvalue weighted by molar-refractivity contribution is -0.128. The van der Waals surface area contributed by atoms with Crippen molar-refractivity contribution in [3.63, 3.8) is 0 Å². The zero-order valence-electron chi connectivity index (χ0n) is 14.2. The van der Waals surface area contributed by atoms with Gasteiger partial charge in [-0.15, -0.1) is 0 Å². The van der Waals surface area contributed by atoms with Crippen molar-refractivity contribution in [2.24, 2.45) is 5.73 Å². The van der Waals surface area contributed by atoms with Gasteiger partial charge in [-0.2, -0.15) is 0 Å². The fourth-order valence-electron chi connectivity index (χ4n) is 3.11. The molecule has 3 rings (SSSR count). The lowest BCUT2D eigenvalue weighted by Crippen LogP contribution is -2.31. The molecule has 25 heavy (non-hydrogen) atoms. The van der Waals surface area contributed by atoms with Crippen LogP contribution in [0.2, 0.25) is 0 Å². The number of nitrogens with two attached hydrogens (primary N) is 1. The molecule has 2 aromatic carbocycles. The first-order chi connectivity index (χ1) is 12.1. The third-order valence-corrected chi connectivity index (χ3v) is 4.40. The Morgan fingerprint density at radius 1 is 0.960 bits per heavy atom. The molecule has 1 aliphatic rings. The van der Waals surface area contributed by atoms with Gasteiger partial charge in [0.05, 0.1) is 0 Å². The Morgan fingerprint density at radius 2 is 1.68 bits per heavy atom. The highest BCUT2D eigenvalue weighted by atomic mass is 16.2. The van der Waals surface area contributed by atoms with E-state index in [9.17, 15) is 9.59 Å². The monoisotopic (exact) mass is 334 g/mol. The minimum atomic E-state index is -0.457. The first-order valence-electron chi connectivity index (χ1n) is 8.54. The molecule has 1 aliphatic carbocycles. The maximum absolute atomic E-state index is 12.9. The van der Waals surface area contributed by atoms with E-state index in [1.54, 1.807) is 18.2 Å². The van der Waals surface area contributed by atoms with E-state index in [0.29, 0.717) is 18.7 Å². The van der Waals surface area contributed by atoms with Crippen molar-refractivity contribution in [2.45, 2.75) is 32.4 Å². The van der Waals surface area contributed by atoms with Crippen molar-refractivity contribution in [1.82, 2.24) is 4.90 Å². The van der Waals surface area contributed by atoms with E-state index in [-0.39, 0.29) is 5.91 Å². The number of amides is 2. The molecule has 0 bridgehead atoms. The van der Waals surface area contributed by atoms with Crippen molar-refractivity contribution < 1.29 is 9.59 Å². The Morgan fingerprint density at radius 3 is 2.36 bits per heavy atom. The van der Waals surface area contributed by atoms with E-state index in [1.807, 2.05) is 47.4 Å². The first kappa shape index (κ1) is 17.0. The zero-order chi connectivity index (χ0) is 17.6. The number of benzene rings is 2. The van der Waals surface area contributed by atoms with E-state index >= 15 is 0 Å². The SMILES string of the molecule is NC(=O)c1cccc(CN(Cc2ccccc2)C(=O)C2=CCCC2)c1. The minimum Gasteiger partial charge on any atom is -0.366 e. The Hall–Kier alpha value is -2.88. The Labute approximate surface area is 148 Å². The van der Waals surface area contributed by atoms with Gasteiger partial charge in [0, 0.05) is 24.2 Å². The van der Waals surface area contributed by atoms with E-state index in [0.717, 1.165) is 36.0 Å². The number of rotatable bonds is 6. The van der Waals surface area contributed by atoms with Crippen molar-refractivity contribution in [3.05, 3.63) is 82.9 Å². The van der Waals surface area contributed by atoms with Crippen LogP contribution in [0.4, 0.5) is 0 Å². The van der Waals surface area contributed by atoms with Gasteiger partial charge in [-0.1, -0.05) is 48.5 Å². The fraction of sp³-hybridized carbons (Fsp3) is 0.238. The van der Waals surface area contributed by atoms with Crippen LogP contribution in [0.3, 0.4) is 0 Å². The van der Waals surface area contributed by atoms with Crippen molar-refractivity contribution in [2.75, 3.05) is 0 Å². The van der Waals surface area contributed by atoms with Crippen LogP contribution in [-0.4, -0.2) is 16.7 Å². The molecular weight excluding hydrogens is 312 g/mol. The number of carbonyl (C=O) groups excluding carboxylic acids is 2. The summed E-state index contributed by atoms with van der Waals surface area (Å²) >= 11 is 0. The number of allylic oxidation sites excluding steroid dienone is 1. The highest BCUT2D eigenvalue weighted by Crippen LogP contribution is 2.22. The Balaban J connectivity index is 1.84. The third-order valence-electron chi connectivity index (χ3n) is 4.40. The molecule has 2 N–H and O–H groups in total. The summed E-state index contributed by atoms with van der Waals surface area (Å²) in [5, 5.41) is 0. The summed E-state index contributed by atoms with van der Waals surface area (Å²) in [4.78, 5) is 26.2. The number of primary amides is 1. The molecule has 0 aromatic heterocycles. The van der Waals surface area contributed by atoms with Crippen molar-refractivity contribution in [3.8, 4) is 0 Å². The van der Waals surface area contributed by atoms with Gasteiger partial charge >= 0.3 is 0 Å². The van der Waals surface area contributed by atoms with Crippen LogP contribution >= 0.6 is 0 Å². The molecule has 0 unspecified atom stereocenters. The quantitative estimate of drug-likeness (QED) is 0.880. The molecule has 4 nitrogen and oxygen atoms in total. The average molecular weight is 334 g/mol. The first-order valence-corrected chi connectivity index (χ1v) is 8.54. The van der Waals surface area contributed by atoms with Gasteiger partial charge in [0.1, 0.15) is 0 Å². The molecule has 0 atom stereocenters. The third kappa shape index (κ3) is 4.35. The summed E-state index contributed by atoms with van der Waals surface area (Å²) in [6.45, 7) is 0.990. The number of carbonyl (C=O) groups is 2. The summed E-state index contributed by atoms with van der Waals surface area (Å²) in [5.74, 6) is -0.382. The number of nitrogens with zero attached hydrogens (tertiary/aromatic N) is 1. The summed E-state index contributed by atoms with van der Waals surface area (Å²) in [7, 11) is 0. The minimum absolute atomic E-state index is 0.0748. The maximum atomic E-state index is 12.9. The van der Waals surface area contributed by atoms with Crippen molar-refractivity contribution in [1.29, 1.82) is 0 Å². The van der Waals surface area contributed by atoms with Crippen LogP contribution in [0.15, 0.2) is 66.2 Å². The fourth-order valence-corrected chi connectivity index (χ4v) is 3.11. The summed E-state index contributed by atoms with van der Waals surface area (Å²) < 4.78 is 0. The second-order valence-corrected chi connectivity index (χ2v) is 6.33. The van der Waals surface area contributed by atoms with Crippen molar-refractivity contribution >= 4 is 11.8 Å². The van der Waals surface area contributed by atoms with Crippen LogP contribution in [0.1, 0.15) is 40.7 Å². The topological polar surface area (TPSA) is 63.4 Å². The molecular formula is C21H22N2O2. The molecule has 0 radical (unpaired) electrons. The summed E-state index contributed by atoms with van der Waals surface area (Å²) in [6, 6.07) is 17.1. The largest absolute Gasteiger partial charge is 0.366 e. The molecule has 0 saturated carbocycles. The second-order valence-electron chi connectivity index (χ2n) is 6.33. The van der Waals surface area contributed by atoms with Gasteiger partial charge in [0.15, 0.2) is 0 Å². The van der Waals surface area contributed by atoms with E-state index < -0.39 is 5.91 Å². The molecule has 4 heteroatoms. The van der Waals surface area contributed by atoms with E-state index in [1.165, 1.54) is 0 Å². The van der Waals surface area contributed by atoms with Gasteiger partial charge in [-0.05, 0) is 42.5 Å². The predicted octanol–water partition coefficient (Wildman–Crippen LogP) is 3.42. The number of hydrogen-bond acceptors (Lipinski definition) is 2. The molecule has 0 fully saturated rings. The molecule has 0 aliphatic heterocycles. The van der Waals surface area contributed by atoms with Gasteiger partial charge in [0.2, 0.25) is 11.8 Å². The van der Waals surface area contributed by atoms with Crippen LogP contribution in [0.25, 0.3) is 0 Å². The predicted molar refractivity (Wildman–Crippen MR) is 97.6 cm³/mol. The van der Waals surface area contributed by atoms with Gasteiger partial charge in [-0.25, -0.2) is 0 Å². The highest BCUT2D eigenvalue weighted by molar-refractivity contribution is 5.94. The average Bonchev–Trinajstić information content (AvgIpc) is 3.16. The standard InChI is InChI=1S/C21H22N2O2/c22-20(24)19-12-6-9-17(13-19)15-23(14-16-7-2-1-3-8-16)21(25)18-10-4-5-11-18/h1-3,6-10,12-13H,4-5,11,14-15H2,(H2,22,24). The normalized spacial score (nSPS) is 13.4. The van der Waals surface area contributed by atoms with E-state index in [2.05, 4.69) is 0 Å². The lowest BCUT2D eigenvalue weighted by Gasteiger charge is -2.24. The lowest BCUT2D eigenvalue weighted by atomic mass is 10.1. The molecule has 128 valence electrons. The van der Waals surface area contributed by atoms with Crippen LogP contribution < -0.4 is 5.73 Å². The Bertz CT molecular complexity index is 797. The maximum Gasteiger partial charge on any atom is 0.250 e. The molecule has 0 spiro atoms. The molecule has 0 heterocycles. The van der Waals surface area contributed by atoms with Gasteiger partial charge in [0.25, 0.3) is 0 Å². The molecule has 2 aromatic rings. The van der Waals surface area contributed by atoms with Crippen LogP contribution in [0, 0.1) is 0 Å². The zero-order valence-corrected chi connectivity index (χ0v) is 14.2. The highest BCUT2D eigenvalue weighted by Gasteiger charge is 2.21. The van der Waals surface area contributed by atoms with Gasteiger partial charge < -0.3 is 10.6 Å². The van der Waals surface area contributed by atoms with Crippen LogP contribution in [0.5, 0.6) is 0 Å². The summed E-state index contributed by atoms with van der Waals surface area (Å²) in [6.07, 6.45) is 4.89. The number of hydrogen-bond donors (Lipinski definition) is 1. The van der Waals surface area contributed by atoms with Gasteiger partial charge in [-0.3, -0.25) is 9.59 Å². The Kier molecular flexibility index (Phi) is 5.29. The molecule has 2 amide bonds. The smallest absolute Gasteiger partial charge is 0.250 e. The summed E-state index contributed by atoms with van der Waals surface area (Å²) in [5.41, 5.74) is 8.71. The second kappa shape index (κ2) is 7.79. The van der Waals surface area contributed by atoms with E-state index in [4.69, 9.17) is 5.73 Å². The molecule has 0 saturated heterocycles. The van der Waals surface area contributed by atoms with Crippen LogP contribution in [-0.2, 0) is 17.9 Å².